The maximum atomic E-state index is 5.96. The van der Waals surface area contributed by atoms with Crippen LogP contribution in [0.1, 0.15) is 24.8 Å². The van der Waals surface area contributed by atoms with Crippen molar-refractivity contribution in [1.82, 2.24) is 4.90 Å². The van der Waals surface area contributed by atoms with Gasteiger partial charge in [-0.15, -0.1) is 0 Å². The third-order valence-electron chi connectivity index (χ3n) is 3.59. The minimum Gasteiger partial charge on any atom is -0.399 e. The second-order valence-electron chi connectivity index (χ2n) is 5.06. The number of rotatable bonds is 8. The summed E-state index contributed by atoms with van der Waals surface area (Å²) in [5.74, 6) is 0. The minimum absolute atomic E-state index is 0.813. The molecule has 1 aliphatic carbocycles. The van der Waals surface area contributed by atoms with Gasteiger partial charge in [-0.3, -0.25) is 4.90 Å². The van der Waals surface area contributed by atoms with Crippen LogP contribution in [-0.4, -0.2) is 37.7 Å². The highest BCUT2D eigenvalue weighted by Crippen LogP contribution is 2.27. The quantitative estimate of drug-likeness (QED) is 0.718. The van der Waals surface area contributed by atoms with Crippen LogP contribution < -0.4 is 5.73 Å². The van der Waals surface area contributed by atoms with Gasteiger partial charge in [0, 0.05) is 25.4 Å². The average Bonchev–Trinajstić information content (AvgIpc) is 3.20. The van der Waals surface area contributed by atoms with Gasteiger partial charge in [-0.1, -0.05) is 18.2 Å². The Morgan fingerprint density at radius 1 is 1.28 bits per heavy atom. The van der Waals surface area contributed by atoms with E-state index >= 15 is 0 Å². The maximum Gasteiger partial charge on any atom is 0.0589 e. The molecule has 1 aromatic carbocycles. The molecule has 0 bridgehead atoms. The number of aryl methyl sites for hydroxylation is 1. The molecule has 3 nitrogen and oxygen atoms in total. The van der Waals surface area contributed by atoms with Crippen LogP contribution >= 0.6 is 0 Å². The summed E-state index contributed by atoms with van der Waals surface area (Å²) in [6, 6.07) is 8.99. The average molecular weight is 248 g/mol. The minimum atomic E-state index is 0.813. The Morgan fingerprint density at radius 2 is 2.06 bits per heavy atom. The Balaban J connectivity index is 1.74. The lowest BCUT2D eigenvalue weighted by Crippen LogP contribution is -2.30. The molecule has 0 heterocycles. The van der Waals surface area contributed by atoms with E-state index in [1.54, 1.807) is 7.11 Å². The summed E-state index contributed by atoms with van der Waals surface area (Å²) in [5.41, 5.74) is 8.16. The fourth-order valence-corrected chi connectivity index (χ4v) is 2.36. The van der Waals surface area contributed by atoms with Crippen LogP contribution in [-0.2, 0) is 11.2 Å². The lowest BCUT2D eigenvalue weighted by atomic mass is 10.1. The van der Waals surface area contributed by atoms with Crippen molar-refractivity contribution >= 4 is 5.69 Å². The first-order valence-electron chi connectivity index (χ1n) is 6.87. The molecule has 2 rings (SSSR count). The van der Waals surface area contributed by atoms with Crippen molar-refractivity contribution in [2.75, 3.05) is 32.5 Å². The molecule has 0 aromatic heterocycles. The highest BCUT2D eigenvalue weighted by Gasteiger charge is 2.27. The zero-order valence-electron chi connectivity index (χ0n) is 11.3. The van der Waals surface area contributed by atoms with Gasteiger partial charge in [0.25, 0.3) is 0 Å². The van der Waals surface area contributed by atoms with Gasteiger partial charge in [-0.2, -0.15) is 0 Å². The first kappa shape index (κ1) is 13.4. The van der Waals surface area contributed by atoms with Crippen LogP contribution in [0.15, 0.2) is 24.3 Å². The van der Waals surface area contributed by atoms with Gasteiger partial charge in [-0.25, -0.2) is 0 Å². The molecule has 0 spiro atoms. The lowest BCUT2D eigenvalue weighted by Gasteiger charge is -2.21. The number of benzene rings is 1. The molecule has 0 atom stereocenters. The molecule has 1 saturated carbocycles. The number of hydrogen-bond acceptors (Lipinski definition) is 3. The van der Waals surface area contributed by atoms with Gasteiger partial charge in [0.1, 0.15) is 0 Å². The summed E-state index contributed by atoms with van der Waals surface area (Å²) in [6.45, 7) is 3.05. The van der Waals surface area contributed by atoms with E-state index in [4.69, 9.17) is 10.5 Å². The highest BCUT2D eigenvalue weighted by molar-refractivity contribution is 5.46. The third kappa shape index (κ3) is 4.00. The van der Waals surface area contributed by atoms with E-state index in [2.05, 4.69) is 17.0 Å². The standard InChI is InChI=1S/C15H24N2O/c1-18-12-11-17(14-8-9-14)10-4-6-13-5-2-3-7-15(13)16/h2-3,5,7,14H,4,6,8-12,16H2,1H3. The van der Waals surface area contributed by atoms with Crippen molar-refractivity contribution in [3.05, 3.63) is 29.8 Å². The molecular formula is C15H24N2O. The van der Waals surface area contributed by atoms with Crippen molar-refractivity contribution in [3.63, 3.8) is 0 Å². The Morgan fingerprint density at radius 3 is 2.72 bits per heavy atom. The summed E-state index contributed by atoms with van der Waals surface area (Å²) in [7, 11) is 1.77. The molecule has 0 aliphatic heterocycles. The summed E-state index contributed by atoms with van der Waals surface area (Å²) in [4.78, 5) is 2.56. The van der Waals surface area contributed by atoms with Crippen molar-refractivity contribution < 1.29 is 4.74 Å². The van der Waals surface area contributed by atoms with Crippen molar-refractivity contribution in [3.8, 4) is 0 Å². The molecule has 0 radical (unpaired) electrons. The summed E-state index contributed by atoms with van der Waals surface area (Å²) in [6.07, 6.45) is 4.96. The predicted octanol–water partition coefficient (Wildman–Crippen LogP) is 2.31. The van der Waals surface area contributed by atoms with E-state index < -0.39 is 0 Å². The van der Waals surface area contributed by atoms with Gasteiger partial charge in [0.2, 0.25) is 0 Å². The molecule has 0 saturated heterocycles. The second-order valence-corrected chi connectivity index (χ2v) is 5.06. The van der Waals surface area contributed by atoms with Crippen LogP contribution in [0, 0.1) is 0 Å². The van der Waals surface area contributed by atoms with Crippen LogP contribution in [0.2, 0.25) is 0 Å². The third-order valence-corrected chi connectivity index (χ3v) is 3.59. The van der Waals surface area contributed by atoms with Crippen LogP contribution in [0.25, 0.3) is 0 Å². The maximum absolute atomic E-state index is 5.96. The van der Waals surface area contributed by atoms with Crippen LogP contribution in [0.3, 0.4) is 0 Å². The van der Waals surface area contributed by atoms with Gasteiger partial charge < -0.3 is 10.5 Å². The molecule has 2 N–H and O–H groups in total. The van der Waals surface area contributed by atoms with Gasteiger partial charge in [0.05, 0.1) is 6.61 Å². The second kappa shape index (κ2) is 6.76. The van der Waals surface area contributed by atoms with Crippen molar-refractivity contribution in [2.24, 2.45) is 0 Å². The summed E-state index contributed by atoms with van der Waals surface area (Å²) < 4.78 is 5.17. The zero-order valence-corrected chi connectivity index (χ0v) is 11.3. The van der Waals surface area contributed by atoms with Crippen LogP contribution in [0.4, 0.5) is 5.69 Å². The van der Waals surface area contributed by atoms with E-state index in [0.717, 1.165) is 37.8 Å². The molecule has 1 aromatic rings. The Labute approximate surface area is 110 Å². The van der Waals surface area contributed by atoms with Gasteiger partial charge >= 0.3 is 0 Å². The van der Waals surface area contributed by atoms with E-state index in [1.807, 2.05) is 12.1 Å². The number of anilines is 1. The van der Waals surface area contributed by atoms with Crippen molar-refractivity contribution in [1.29, 1.82) is 0 Å². The van der Waals surface area contributed by atoms with Gasteiger partial charge in [-0.05, 0) is 43.9 Å². The molecule has 18 heavy (non-hydrogen) atoms. The van der Waals surface area contributed by atoms with E-state index in [9.17, 15) is 0 Å². The van der Waals surface area contributed by atoms with E-state index in [1.165, 1.54) is 24.8 Å². The predicted molar refractivity (Wildman–Crippen MR) is 75.6 cm³/mol. The Hall–Kier alpha value is -1.06. The number of ether oxygens (including phenoxy) is 1. The number of nitrogen functional groups attached to an aromatic ring is 1. The van der Waals surface area contributed by atoms with Crippen molar-refractivity contribution in [2.45, 2.75) is 31.7 Å². The highest BCUT2D eigenvalue weighted by atomic mass is 16.5. The smallest absolute Gasteiger partial charge is 0.0589 e. The first-order chi connectivity index (χ1) is 8.81. The summed E-state index contributed by atoms with van der Waals surface area (Å²) >= 11 is 0. The molecule has 0 unspecified atom stereocenters. The number of hydrogen-bond donors (Lipinski definition) is 1. The van der Waals surface area contributed by atoms with E-state index in [-0.39, 0.29) is 0 Å². The number of para-hydroxylation sites is 1. The molecule has 0 amide bonds. The topological polar surface area (TPSA) is 38.5 Å². The zero-order chi connectivity index (χ0) is 12.8. The molecule has 1 fully saturated rings. The largest absolute Gasteiger partial charge is 0.399 e. The molecule has 1 aliphatic rings. The Bertz CT molecular complexity index is 363. The number of nitrogens with zero attached hydrogens (tertiary/aromatic N) is 1. The van der Waals surface area contributed by atoms with E-state index in [0.29, 0.717) is 0 Å². The fraction of sp³-hybridized carbons (Fsp3) is 0.600. The monoisotopic (exact) mass is 248 g/mol. The molecular weight excluding hydrogens is 224 g/mol. The number of nitrogens with two attached hydrogens (primary N) is 1. The first-order valence-corrected chi connectivity index (χ1v) is 6.87. The fourth-order valence-electron chi connectivity index (χ4n) is 2.36. The number of methoxy groups -OCH3 is 1. The SMILES string of the molecule is COCCN(CCCc1ccccc1N)C1CC1. The van der Waals surface area contributed by atoms with Gasteiger partial charge in [0.15, 0.2) is 0 Å². The molecule has 3 heteroatoms. The lowest BCUT2D eigenvalue weighted by molar-refractivity contribution is 0.143. The molecule has 100 valence electrons. The Kier molecular flexibility index (Phi) is 5.02. The van der Waals surface area contributed by atoms with Crippen LogP contribution in [0.5, 0.6) is 0 Å². The summed E-state index contributed by atoms with van der Waals surface area (Å²) in [5, 5.41) is 0. The normalized spacial score (nSPS) is 15.2.